The van der Waals surface area contributed by atoms with E-state index < -0.39 is 0 Å². The maximum atomic E-state index is 9.41. The summed E-state index contributed by atoms with van der Waals surface area (Å²) in [6, 6.07) is 7.37. The van der Waals surface area contributed by atoms with E-state index in [-0.39, 0.29) is 0 Å². The molecular weight excluding hydrogens is 180 g/mol. The van der Waals surface area contributed by atoms with Gasteiger partial charge in [0, 0.05) is 17.1 Å². The molecular formula is C11H12OS. The lowest BCUT2D eigenvalue weighted by atomic mass is 10.3. The Morgan fingerprint density at radius 1 is 1.38 bits per heavy atom. The van der Waals surface area contributed by atoms with Crippen LogP contribution in [0.15, 0.2) is 29.2 Å². The highest BCUT2D eigenvalue weighted by Crippen LogP contribution is 2.27. The molecule has 13 heavy (non-hydrogen) atoms. The summed E-state index contributed by atoms with van der Waals surface area (Å²) in [7, 11) is 0. The first-order valence-corrected chi connectivity index (χ1v) is 5.13. The molecule has 0 atom stereocenters. The number of hydrogen-bond donors (Lipinski definition) is 1. The minimum Gasteiger partial charge on any atom is -0.507 e. The second-order valence-corrected chi connectivity index (χ2v) is 3.63. The lowest BCUT2D eigenvalue weighted by Crippen LogP contribution is -1.77. The van der Waals surface area contributed by atoms with Gasteiger partial charge in [-0.2, -0.15) is 0 Å². The predicted molar refractivity (Wildman–Crippen MR) is 56.9 cm³/mol. The summed E-state index contributed by atoms with van der Waals surface area (Å²) in [6.45, 7) is 1.84. The first-order chi connectivity index (χ1) is 6.34. The van der Waals surface area contributed by atoms with E-state index in [4.69, 9.17) is 0 Å². The number of para-hydroxylation sites is 1. The number of thioether (sulfide) groups is 1. The van der Waals surface area contributed by atoms with Crippen molar-refractivity contribution < 1.29 is 5.11 Å². The highest BCUT2D eigenvalue weighted by Gasteiger charge is 1.97. The molecule has 0 spiro atoms. The van der Waals surface area contributed by atoms with E-state index in [0.29, 0.717) is 5.75 Å². The van der Waals surface area contributed by atoms with Crippen molar-refractivity contribution >= 4 is 11.8 Å². The van der Waals surface area contributed by atoms with Crippen LogP contribution in [0.25, 0.3) is 0 Å². The fourth-order valence-corrected chi connectivity index (χ4v) is 1.73. The van der Waals surface area contributed by atoms with Gasteiger partial charge in [-0.3, -0.25) is 0 Å². The van der Waals surface area contributed by atoms with Crippen LogP contribution in [0.5, 0.6) is 5.75 Å². The van der Waals surface area contributed by atoms with Crippen LogP contribution < -0.4 is 0 Å². The fourth-order valence-electron chi connectivity index (χ4n) is 0.916. The van der Waals surface area contributed by atoms with Crippen molar-refractivity contribution in [2.75, 3.05) is 5.75 Å². The van der Waals surface area contributed by atoms with Crippen LogP contribution in [0.2, 0.25) is 0 Å². The Morgan fingerprint density at radius 3 is 2.85 bits per heavy atom. The molecule has 1 rings (SSSR count). The van der Waals surface area contributed by atoms with E-state index in [1.807, 2.05) is 25.1 Å². The van der Waals surface area contributed by atoms with E-state index in [2.05, 4.69) is 11.8 Å². The van der Waals surface area contributed by atoms with Crippen LogP contribution in [0.3, 0.4) is 0 Å². The van der Waals surface area contributed by atoms with Crippen molar-refractivity contribution in [1.82, 2.24) is 0 Å². The fraction of sp³-hybridized carbons (Fsp3) is 0.273. The van der Waals surface area contributed by atoms with Gasteiger partial charge in [0.1, 0.15) is 5.75 Å². The molecule has 0 bridgehead atoms. The second-order valence-electron chi connectivity index (χ2n) is 2.49. The third kappa shape index (κ3) is 3.43. The molecule has 1 aromatic carbocycles. The van der Waals surface area contributed by atoms with Gasteiger partial charge in [0.05, 0.1) is 0 Å². The van der Waals surface area contributed by atoms with Gasteiger partial charge in [-0.15, -0.1) is 23.6 Å². The summed E-state index contributed by atoms with van der Waals surface area (Å²) < 4.78 is 0. The van der Waals surface area contributed by atoms with Crippen LogP contribution in [0.4, 0.5) is 0 Å². The SMILES string of the molecule is CC#CCCSc1ccccc1O. The second kappa shape index (κ2) is 5.55. The summed E-state index contributed by atoms with van der Waals surface area (Å²) in [4.78, 5) is 0.931. The predicted octanol–water partition coefficient (Wildman–Crippen LogP) is 2.90. The third-order valence-electron chi connectivity index (χ3n) is 1.53. The summed E-state index contributed by atoms with van der Waals surface area (Å²) >= 11 is 1.63. The van der Waals surface area contributed by atoms with Gasteiger partial charge in [-0.1, -0.05) is 12.1 Å². The van der Waals surface area contributed by atoms with Crippen molar-refractivity contribution in [2.45, 2.75) is 18.2 Å². The van der Waals surface area contributed by atoms with Crippen molar-refractivity contribution in [3.63, 3.8) is 0 Å². The minimum atomic E-state index is 0.358. The largest absolute Gasteiger partial charge is 0.507 e. The molecule has 0 aromatic heterocycles. The van der Waals surface area contributed by atoms with Crippen LogP contribution in [0.1, 0.15) is 13.3 Å². The van der Waals surface area contributed by atoms with Gasteiger partial charge in [0.2, 0.25) is 0 Å². The van der Waals surface area contributed by atoms with Gasteiger partial charge < -0.3 is 5.11 Å². The molecule has 0 aliphatic rings. The molecule has 1 N–H and O–H groups in total. The average Bonchev–Trinajstić information content (AvgIpc) is 2.15. The van der Waals surface area contributed by atoms with Crippen molar-refractivity contribution in [3.8, 4) is 17.6 Å². The normalized spacial score (nSPS) is 9.00. The number of hydrogen-bond acceptors (Lipinski definition) is 2. The van der Waals surface area contributed by atoms with Gasteiger partial charge in [-0.25, -0.2) is 0 Å². The maximum absolute atomic E-state index is 9.41. The number of phenolic OH excluding ortho intramolecular Hbond substituents is 1. The standard InChI is InChI=1S/C11H12OS/c1-2-3-6-9-13-11-8-5-4-7-10(11)12/h4-5,7-8,12H,6,9H2,1H3. The quantitative estimate of drug-likeness (QED) is 0.451. The average molecular weight is 192 g/mol. The molecule has 0 saturated carbocycles. The molecule has 0 aliphatic heterocycles. The monoisotopic (exact) mass is 192 g/mol. The highest BCUT2D eigenvalue weighted by atomic mass is 32.2. The zero-order valence-corrected chi connectivity index (χ0v) is 8.40. The molecule has 1 aromatic rings. The number of rotatable bonds is 3. The van der Waals surface area contributed by atoms with E-state index >= 15 is 0 Å². The molecule has 2 heteroatoms. The first kappa shape index (κ1) is 10.0. The molecule has 0 saturated heterocycles. The Balaban J connectivity index is 2.44. The van der Waals surface area contributed by atoms with Crippen molar-refractivity contribution in [1.29, 1.82) is 0 Å². The number of aromatic hydroxyl groups is 1. The topological polar surface area (TPSA) is 20.2 Å². The molecule has 0 amide bonds. The van der Waals surface area contributed by atoms with Gasteiger partial charge in [-0.05, 0) is 19.1 Å². The minimum absolute atomic E-state index is 0.358. The van der Waals surface area contributed by atoms with Gasteiger partial charge >= 0.3 is 0 Å². The first-order valence-electron chi connectivity index (χ1n) is 4.15. The van der Waals surface area contributed by atoms with E-state index in [0.717, 1.165) is 17.1 Å². The third-order valence-corrected chi connectivity index (χ3v) is 2.59. The molecule has 1 nitrogen and oxygen atoms in total. The van der Waals surface area contributed by atoms with Crippen LogP contribution >= 0.6 is 11.8 Å². The molecule has 0 radical (unpaired) electrons. The summed E-state index contributed by atoms with van der Waals surface area (Å²) in [5.41, 5.74) is 0. The Labute approximate surface area is 83.2 Å². The summed E-state index contributed by atoms with van der Waals surface area (Å²) in [5.74, 6) is 7.12. The molecule has 68 valence electrons. The molecule has 0 fully saturated rings. The Hall–Kier alpha value is -1.07. The van der Waals surface area contributed by atoms with E-state index in [1.54, 1.807) is 17.8 Å². The number of benzene rings is 1. The Morgan fingerprint density at radius 2 is 2.15 bits per heavy atom. The Kier molecular flexibility index (Phi) is 4.28. The molecule has 0 unspecified atom stereocenters. The zero-order valence-electron chi connectivity index (χ0n) is 7.58. The lowest BCUT2D eigenvalue weighted by Gasteiger charge is -2.00. The van der Waals surface area contributed by atoms with Crippen LogP contribution in [0, 0.1) is 11.8 Å². The van der Waals surface area contributed by atoms with Crippen LogP contribution in [-0.2, 0) is 0 Å². The van der Waals surface area contributed by atoms with Gasteiger partial charge in [0.25, 0.3) is 0 Å². The van der Waals surface area contributed by atoms with Crippen molar-refractivity contribution in [2.24, 2.45) is 0 Å². The van der Waals surface area contributed by atoms with E-state index in [1.165, 1.54) is 0 Å². The zero-order chi connectivity index (χ0) is 9.52. The Bertz CT molecular complexity index is 322. The summed E-state index contributed by atoms with van der Waals surface area (Å²) in [5, 5.41) is 9.41. The van der Waals surface area contributed by atoms with Crippen molar-refractivity contribution in [3.05, 3.63) is 24.3 Å². The smallest absolute Gasteiger partial charge is 0.129 e. The molecule has 0 aliphatic carbocycles. The maximum Gasteiger partial charge on any atom is 0.129 e. The molecule has 0 heterocycles. The van der Waals surface area contributed by atoms with Crippen LogP contribution in [-0.4, -0.2) is 10.9 Å². The van der Waals surface area contributed by atoms with E-state index in [9.17, 15) is 5.11 Å². The van der Waals surface area contributed by atoms with Gasteiger partial charge in [0.15, 0.2) is 0 Å². The summed E-state index contributed by atoms with van der Waals surface area (Å²) in [6.07, 6.45) is 0.871. The lowest BCUT2D eigenvalue weighted by molar-refractivity contribution is 0.462. The highest BCUT2D eigenvalue weighted by molar-refractivity contribution is 7.99. The number of phenols is 1.